The lowest BCUT2D eigenvalue weighted by molar-refractivity contribution is 0.414. The van der Waals surface area contributed by atoms with Gasteiger partial charge in [0.15, 0.2) is 0 Å². The number of ether oxygens (including phenoxy) is 1. The lowest BCUT2D eigenvalue weighted by Crippen LogP contribution is -1.80. The Hall–Kier alpha value is -1.02. The molecule has 0 heterocycles. The fourth-order valence-electron chi connectivity index (χ4n) is 0.674. The zero-order valence-electron chi connectivity index (χ0n) is 9.29. The summed E-state index contributed by atoms with van der Waals surface area (Å²) in [6.45, 7) is 6.06. The van der Waals surface area contributed by atoms with Gasteiger partial charge in [-0.2, -0.15) is 0 Å². The van der Waals surface area contributed by atoms with Gasteiger partial charge in [0.1, 0.15) is 5.75 Å². The van der Waals surface area contributed by atoms with Crippen molar-refractivity contribution < 1.29 is 4.74 Å². The van der Waals surface area contributed by atoms with Crippen molar-refractivity contribution in [2.24, 2.45) is 5.73 Å². The first-order chi connectivity index (χ1) is 6.33. The van der Waals surface area contributed by atoms with Gasteiger partial charge in [-0.15, -0.1) is 0 Å². The highest BCUT2D eigenvalue weighted by Gasteiger charge is 1.85. The Morgan fingerprint density at radius 3 is 1.69 bits per heavy atom. The Morgan fingerprint density at radius 2 is 1.38 bits per heavy atom. The summed E-state index contributed by atoms with van der Waals surface area (Å²) in [6, 6.07) is 7.96. The van der Waals surface area contributed by atoms with Crippen LogP contribution < -0.4 is 10.5 Å². The molecule has 0 saturated heterocycles. The van der Waals surface area contributed by atoms with E-state index in [0.29, 0.717) is 0 Å². The van der Waals surface area contributed by atoms with E-state index in [-0.39, 0.29) is 0 Å². The summed E-state index contributed by atoms with van der Waals surface area (Å²) < 4.78 is 4.97. The minimum atomic E-state index is 0.917. The van der Waals surface area contributed by atoms with Crippen molar-refractivity contribution in [1.29, 1.82) is 0 Å². The maximum atomic E-state index is 4.97. The van der Waals surface area contributed by atoms with Crippen LogP contribution in [0, 0.1) is 6.92 Å². The zero-order chi connectivity index (χ0) is 10.7. The third kappa shape index (κ3) is 7.34. The van der Waals surface area contributed by atoms with E-state index in [1.165, 1.54) is 12.6 Å². The summed E-state index contributed by atoms with van der Waals surface area (Å²) in [5.74, 6) is 0.917. The summed E-state index contributed by atoms with van der Waals surface area (Å²) in [5.41, 5.74) is 5.76. The number of hydrogen-bond acceptors (Lipinski definition) is 2. The van der Waals surface area contributed by atoms with Gasteiger partial charge in [-0.3, -0.25) is 0 Å². The minimum Gasteiger partial charge on any atom is -0.497 e. The van der Waals surface area contributed by atoms with E-state index in [0.717, 1.165) is 5.75 Å². The predicted molar refractivity (Wildman–Crippen MR) is 59.2 cm³/mol. The molecule has 0 radical (unpaired) electrons. The molecule has 0 spiro atoms. The van der Waals surface area contributed by atoms with Gasteiger partial charge in [-0.05, 0) is 26.1 Å². The van der Waals surface area contributed by atoms with Crippen LogP contribution in [0.3, 0.4) is 0 Å². The van der Waals surface area contributed by atoms with Crippen molar-refractivity contribution in [3.63, 3.8) is 0 Å². The topological polar surface area (TPSA) is 35.2 Å². The van der Waals surface area contributed by atoms with Gasteiger partial charge < -0.3 is 10.5 Å². The van der Waals surface area contributed by atoms with Crippen LogP contribution in [0.4, 0.5) is 0 Å². The van der Waals surface area contributed by atoms with E-state index in [1.54, 1.807) is 7.11 Å². The van der Waals surface area contributed by atoms with Crippen LogP contribution in [0.1, 0.15) is 19.4 Å². The molecular weight excluding hydrogens is 162 g/mol. The smallest absolute Gasteiger partial charge is 0.118 e. The second-order valence-electron chi connectivity index (χ2n) is 2.02. The first kappa shape index (κ1) is 14.5. The van der Waals surface area contributed by atoms with Gasteiger partial charge in [0.05, 0.1) is 7.11 Å². The second-order valence-corrected chi connectivity index (χ2v) is 2.02. The van der Waals surface area contributed by atoms with E-state index in [4.69, 9.17) is 4.74 Å². The molecule has 76 valence electrons. The third-order valence-corrected chi connectivity index (χ3v) is 1.26. The highest BCUT2D eigenvalue weighted by Crippen LogP contribution is 2.09. The van der Waals surface area contributed by atoms with E-state index < -0.39 is 0 Å². The molecule has 1 aromatic rings. The molecule has 13 heavy (non-hydrogen) atoms. The summed E-state index contributed by atoms with van der Waals surface area (Å²) in [4.78, 5) is 0. The molecule has 0 aliphatic rings. The van der Waals surface area contributed by atoms with Crippen LogP contribution in [0.2, 0.25) is 0 Å². The Labute approximate surface area is 81.7 Å². The van der Waals surface area contributed by atoms with Gasteiger partial charge in [0, 0.05) is 0 Å². The van der Waals surface area contributed by atoms with Gasteiger partial charge in [0.2, 0.25) is 0 Å². The van der Waals surface area contributed by atoms with Gasteiger partial charge >= 0.3 is 0 Å². The molecule has 0 unspecified atom stereocenters. The first-order valence-electron chi connectivity index (χ1n) is 4.51. The van der Waals surface area contributed by atoms with E-state index >= 15 is 0 Å². The van der Waals surface area contributed by atoms with Crippen molar-refractivity contribution in [2.45, 2.75) is 20.8 Å². The van der Waals surface area contributed by atoms with Crippen molar-refractivity contribution >= 4 is 0 Å². The van der Waals surface area contributed by atoms with Crippen molar-refractivity contribution in [2.75, 3.05) is 14.2 Å². The minimum absolute atomic E-state index is 0.917. The van der Waals surface area contributed by atoms with Crippen molar-refractivity contribution in [1.82, 2.24) is 0 Å². The molecule has 0 aromatic heterocycles. The largest absolute Gasteiger partial charge is 0.497 e. The molecule has 2 heteroatoms. The molecule has 0 saturated carbocycles. The van der Waals surface area contributed by atoms with Crippen LogP contribution >= 0.6 is 0 Å². The van der Waals surface area contributed by atoms with Crippen LogP contribution in [-0.4, -0.2) is 14.2 Å². The molecule has 2 N–H and O–H groups in total. The molecule has 2 nitrogen and oxygen atoms in total. The standard InChI is InChI=1S/C8H10O.C2H6.CH5N/c1-7-3-5-8(9-2)6-4-7;2*1-2/h3-6H,1-2H3;1-2H3;2H2,1H3. The Balaban J connectivity index is 0. The second kappa shape index (κ2) is 11.0. The number of nitrogens with two attached hydrogens (primary N) is 1. The summed E-state index contributed by atoms with van der Waals surface area (Å²) in [6.07, 6.45) is 0. The summed E-state index contributed by atoms with van der Waals surface area (Å²) in [5, 5.41) is 0. The molecule has 0 amide bonds. The van der Waals surface area contributed by atoms with Crippen LogP contribution in [-0.2, 0) is 0 Å². The Bertz CT molecular complexity index is 182. The van der Waals surface area contributed by atoms with Crippen LogP contribution in [0.25, 0.3) is 0 Å². The van der Waals surface area contributed by atoms with Gasteiger partial charge in [0.25, 0.3) is 0 Å². The first-order valence-corrected chi connectivity index (χ1v) is 4.51. The molecule has 0 aliphatic carbocycles. The number of hydrogen-bond donors (Lipinski definition) is 1. The Kier molecular flexibility index (Phi) is 12.2. The fourth-order valence-corrected chi connectivity index (χ4v) is 0.674. The molecule has 0 fully saturated rings. The molecule has 0 bridgehead atoms. The predicted octanol–water partition coefficient (Wildman–Crippen LogP) is 2.60. The SMILES string of the molecule is CC.CN.COc1ccc(C)cc1. The monoisotopic (exact) mass is 183 g/mol. The zero-order valence-corrected chi connectivity index (χ0v) is 9.29. The number of benzene rings is 1. The molecular formula is C11H21NO. The van der Waals surface area contributed by atoms with Crippen molar-refractivity contribution in [3.05, 3.63) is 29.8 Å². The average Bonchev–Trinajstić information content (AvgIpc) is 2.25. The van der Waals surface area contributed by atoms with E-state index in [2.05, 4.69) is 12.7 Å². The lowest BCUT2D eigenvalue weighted by Gasteiger charge is -1.97. The van der Waals surface area contributed by atoms with E-state index in [1.807, 2.05) is 38.1 Å². The number of rotatable bonds is 1. The Morgan fingerprint density at radius 1 is 1.00 bits per heavy atom. The van der Waals surface area contributed by atoms with Gasteiger partial charge in [-0.1, -0.05) is 31.5 Å². The maximum absolute atomic E-state index is 4.97. The maximum Gasteiger partial charge on any atom is 0.118 e. The molecule has 0 atom stereocenters. The van der Waals surface area contributed by atoms with Gasteiger partial charge in [-0.25, -0.2) is 0 Å². The van der Waals surface area contributed by atoms with E-state index in [9.17, 15) is 0 Å². The lowest BCUT2D eigenvalue weighted by atomic mass is 10.2. The average molecular weight is 183 g/mol. The molecule has 0 aliphatic heterocycles. The molecule has 1 rings (SSSR count). The molecule has 1 aromatic carbocycles. The highest BCUT2D eigenvalue weighted by molar-refractivity contribution is 5.25. The summed E-state index contributed by atoms with van der Waals surface area (Å²) in [7, 11) is 3.17. The normalized spacial score (nSPS) is 7.23. The highest BCUT2D eigenvalue weighted by atomic mass is 16.5. The summed E-state index contributed by atoms with van der Waals surface area (Å²) >= 11 is 0. The number of aryl methyl sites for hydroxylation is 1. The van der Waals surface area contributed by atoms with Crippen LogP contribution in [0.5, 0.6) is 5.75 Å². The number of methoxy groups -OCH3 is 1. The van der Waals surface area contributed by atoms with Crippen LogP contribution in [0.15, 0.2) is 24.3 Å². The quantitative estimate of drug-likeness (QED) is 0.726. The fraction of sp³-hybridized carbons (Fsp3) is 0.455. The van der Waals surface area contributed by atoms with Crippen molar-refractivity contribution in [3.8, 4) is 5.75 Å². The third-order valence-electron chi connectivity index (χ3n) is 1.26.